The highest BCUT2D eigenvalue weighted by Gasteiger charge is 2.34. The molecule has 0 radical (unpaired) electrons. The van der Waals surface area contributed by atoms with E-state index in [-0.39, 0.29) is 34.0 Å². The van der Waals surface area contributed by atoms with Crippen LogP contribution in [-0.4, -0.2) is 63.4 Å². The Hall–Kier alpha value is -2.91. The zero-order valence-corrected chi connectivity index (χ0v) is 20.9. The van der Waals surface area contributed by atoms with E-state index in [2.05, 4.69) is 0 Å². The summed E-state index contributed by atoms with van der Waals surface area (Å²) >= 11 is 0. The Bertz CT molecular complexity index is 1110. The highest BCUT2D eigenvalue weighted by Crippen LogP contribution is 2.32. The fourth-order valence-corrected chi connectivity index (χ4v) is 6.07. The van der Waals surface area contributed by atoms with Crippen molar-refractivity contribution in [2.75, 3.05) is 33.9 Å². The Kier molecular flexibility index (Phi) is 8.33. The molecule has 34 heavy (non-hydrogen) atoms. The third kappa shape index (κ3) is 6.15. The topological polar surface area (TPSA) is 93.2 Å². The van der Waals surface area contributed by atoms with Crippen LogP contribution in [0.1, 0.15) is 36.2 Å². The summed E-state index contributed by atoms with van der Waals surface area (Å²) in [7, 11) is -0.870. The number of benzene rings is 2. The third-order valence-corrected chi connectivity index (χ3v) is 7.72. The number of sulfonamides is 1. The lowest BCUT2D eigenvalue weighted by Crippen LogP contribution is -2.42. The number of carbonyl (C=O) groups is 2. The van der Waals surface area contributed by atoms with Gasteiger partial charge >= 0.3 is 5.97 Å². The lowest BCUT2D eigenvalue weighted by atomic mass is 9.94. The summed E-state index contributed by atoms with van der Waals surface area (Å²) in [6, 6.07) is 13.6. The van der Waals surface area contributed by atoms with Crippen molar-refractivity contribution in [3.8, 4) is 5.75 Å². The fourth-order valence-electron chi connectivity index (χ4n) is 4.21. The second-order valence-corrected chi connectivity index (χ2v) is 10.9. The van der Waals surface area contributed by atoms with Gasteiger partial charge in [0, 0.05) is 26.7 Å². The van der Waals surface area contributed by atoms with Crippen molar-refractivity contribution < 1.29 is 27.5 Å². The smallest absolute Gasteiger partial charge is 0.338 e. The maximum atomic E-state index is 13.4. The van der Waals surface area contributed by atoms with E-state index in [1.807, 2.05) is 44.2 Å². The average Bonchev–Trinajstić information content (AvgIpc) is 2.81. The Balaban J connectivity index is 1.72. The zero-order valence-electron chi connectivity index (χ0n) is 20.1. The molecule has 1 fully saturated rings. The number of methoxy groups -OCH3 is 1. The predicted octanol–water partition coefficient (Wildman–Crippen LogP) is 3.18. The molecule has 0 aromatic heterocycles. The first-order chi connectivity index (χ1) is 16.1. The van der Waals surface area contributed by atoms with Crippen LogP contribution in [0.25, 0.3) is 0 Å². The molecule has 2 aromatic rings. The molecule has 1 aliphatic heterocycles. The second kappa shape index (κ2) is 11.0. The molecule has 0 aliphatic carbocycles. The Morgan fingerprint density at radius 2 is 1.71 bits per heavy atom. The number of amides is 1. The van der Waals surface area contributed by atoms with Crippen LogP contribution in [-0.2, 0) is 26.1 Å². The number of nitrogens with zero attached hydrogens (tertiary/aromatic N) is 2. The second-order valence-electron chi connectivity index (χ2n) is 8.95. The number of esters is 1. The van der Waals surface area contributed by atoms with E-state index in [9.17, 15) is 18.0 Å². The van der Waals surface area contributed by atoms with E-state index < -0.39 is 22.6 Å². The average molecular weight is 489 g/mol. The van der Waals surface area contributed by atoms with E-state index in [0.29, 0.717) is 19.6 Å². The molecule has 2 atom stereocenters. The maximum absolute atomic E-state index is 13.4. The molecule has 8 nitrogen and oxygen atoms in total. The standard InChI is InChI=1S/C25H32N2O6S/c1-18-12-19(2)15-27(14-18)34(30,31)23-13-21(10-11-22(23)32-4)25(29)33-17-24(28)26(3)16-20-8-6-5-7-9-20/h5-11,13,18-19H,12,14-17H2,1-4H3. The molecule has 0 saturated carbocycles. The normalized spacial score (nSPS) is 18.8. The van der Waals surface area contributed by atoms with Crippen LogP contribution in [0.15, 0.2) is 53.4 Å². The van der Waals surface area contributed by atoms with E-state index in [4.69, 9.17) is 9.47 Å². The van der Waals surface area contributed by atoms with E-state index in [1.165, 1.54) is 34.5 Å². The van der Waals surface area contributed by atoms with Gasteiger partial charge in [0.1, 0.15) is 10.6 Å². The van der Waals surface area contributed by atoms with Crippen LogP contribution in [0.2, 0.25) is 0 Å². The van der Waals surface area contributed by atoms with Crippen molar-refractivity contribution in [3.63, 3.8) is 0 Å². The minimum atomic E-state index is -3.88. The number of hydrogen-bond acceptors (Lipinski definition) is 6. The van der Waals surface area contributed by atoms with Crippen LogP contribution in [0.3, 0.4) is 0 Å². The van der Waals surface area contributed by atoms with Crippen molar-refractivity contribution >= 4 is 21.9 Å². The van der Waals surface area contributed by atoms with Crippen LogP contribution in [0.4, 0.5) is 0 Å². The molecule has 184 valence electrons. The predicted molar refractivity (Wildman–Crippen MR) is 128 cm³/mol. The Morgan fingerprint density at radius 3 is 2.32 bits per heavy atom. The van der Waals surface area contributed by atoms with Gasteiger partial charge in [0.05, 0.1) is 12.7 Å². The van der Waals surface area contributed by atoms with Gasteiger partial charge in [-0.1, -0.05) is 44.2 Å². The summed E-state index contributed by atoms with van der Waals surface area (Å²) in [5, 5.41) is 0. The van der Waals surface area contributed by atoms with E-state index in [0.717, 1.165) is 12.0 Å². The molecule has 0 spiro atoms. The summed E-state index contributed by atoms with van der Waals surface area (Å²) in [5.74, 6) is -0.523. The number of ether oxygens (including phenoxy) is 2. The van der Waals surface area contributed by atoms with Crippen LogP contribution in [0, 0.1) is 11.8 Å². The Labute approximate surface area is 201 Å². The maximum Gasteiger partial charge on any atom is 0.338 e. The van der Waals surface area contributed by atoms with Gasteiger partial charge in [-0.05, 0) is 42.0 Å². The number of rotatable bonds is 8. The molecule has 2 aromatic carbocycles. The van der Waals surface area contributed by atoms with Crippen molar-refractivity contribution in [2.45, 2.75) is 31.7 Å². The van der Waals surface area contributed by atoms with Gasteiger partial charge in [0.25, 0.3) is 5.91 Å². The number of likely N-dealkylation sites (N-methyl/N-ethyl adjacent to an activating group) is 1. The largest absolute Gasteiger partial charge is 0.495 e. The van der Waals surface area contributed by atoms with Gasteiger partial charge in [0.15, 0.2) is 6.61 Å². The molecule has 1 heterocycles. The van der Waals surface area contributed by atoms with Gasteiger partial charge in [-0.15, -0.1) is 0 Å². The van der Waals surface area contributed by atoms with Crippen molar-refractivity contribution in [1.29, 1.82) is 0 Å². The summed E-state index contributed by atoms with van der Waals surface area (Å²) in [4.78, 5) is 26.4. The lowest BCUT2D eigenvalue weighted by molar-refractivity contribution is -0.133. The Morgan fingerprint density at radius 1 is 1.06 bits per heavy atom. The first-order valence-corrected chi connectivity index (χ1v) is 12.7. The minimum absolute atomic E-state index is 0.0380. The van der Waals surface area contributed by atoms with Crippen molar-refractivity contribution in [3.05, 3.63) is 59.7 Å². The quantitative estimate of drug-likeness (QED) is 0.530. The SMILES string of the molecule is COc1ccc(C(=O)OCC(=O)N(C)Cc2ccccc2)cc1S(=O)(=O)N1CC(C)CC(C)C1. The summed E-state index contributed by atoms with van der Waals surface area (Å²) in [5.41, 5.74) is 0.993. The fraction of sp³-hybridized carbons (Fsp3) is 0.440. The summed E-state index contributed by atoms with van der Waals surface area (Å²) < 4.78 is 38.7. The molecular weight excluding hydrogens is 456 g/mol. The van der Waals surface area contributed by atoms with Gasteiger partial charge in [0.2, 0.25) is 10.0 Å². The molecule has 9 heteroatoms. The van der Waals surface area contributed by atoms with Crippen molar-refractivity contribution in [2.24, 2.45) is 11.8 Å². The molecule has 3 rings (SSSR count). The molecule has 1 amide bonds. The highest BCUT2D eigenvalue weighted by atomic mass is 32.2. The first kappa shape index (κ1) is 25.7. The van der Waals surface area contributed by atoms with Crippen molar-refractivity contribution in [1.82, 2.24) is 9.21 Å². The molecule has 1 aliphatic rings. The summed E-state index contributed by atoms with van der Waals surface area (Å²) in [6.45, 7) is 4.80. The zero-order chi connectivity index (χ0) is 24.9. The van der Waals surface area contributed by atoms with Gasteiger partial charge in [-0.2, -0.15) is 4.31 Å². The highest BCUT2D eigenvalue weighted by molar-refractivity contribution is 7.89. The third-order valence-electron chi connectivity index (χ3n) is 5.87. The summed E-state index contributed by atoms with van der Waals surface area (Å²) in [6.07, 6.45) is 0.961. The van der Waals surface area contributed by atoms with Crippen LogP contribution >= 0.6 is 0 Å². The van der Waals surface area contributed by atoms with Gasteiger partial charge in [-0.3, -0.25) is 4.79 Å². The molecule has 0 bridgehead atoms. The monoisotopic (exact) mass is 488 g/mol. The number of carbonyl (C=O) groups excluding carboxylic acids is 2. The van der Waals surface area contributed by atoms with Crippen LogP contribution < -0.4 is 4.74 Å². The van der Waals surface area contributed by atoms with Crippen LogP contribution in [0.5, 0.6) is 5.75 Å². The number of piperidine rings is 1. The molecular formula is C25H32N2O6S. The van der Waals surface area contributed by atoms with E-state index in [1.54, 1.807) is 7.05 Å². The molecule has 0 N–H and O–H groups in total. The minimum Gasteiger partial charge on any atom is -0.495 e. The molecule has 2 unspecified atom stereocenters. The van der Waals surface area contributed by atoms with E-state index >= 15 is 0 Å². The first-order valence-electron chi connectivity index (χ1n) is 11.2. The van der Waals surface area contributed by atoms with Gasteiger partial charge in [-0.25, -0.2) is 13.2 Å². The molecule has 1 saturated heterocycles. The lowest BCUT2D eigenvalue weighted by Gasteiger charge is -2.34. The number of hydrogen-bond donors (Lipinski definition) is 0. The van der Waals surface area contributed by atoms with Gasteiger partial charge < -0.3 is 14.4 Å².